The van der Waals surface area contributed by atoms with Crippen LogP contribution in [0.25, 0.3) is 16.9 Å². The molecule has 0 unspecified atom stereocenters. The van der Waals surface area contributed by atoms with Crippen molar-refractivity contribution in [2.75, 3.05) is 0 Å². The first kappa shape index (κ1) is 50.6. The van der Waals surface area contributed by atoms with Crippen LogP contribution in [-0.4, -0.2) is 4.70 Å². The van der Waals surface area contributed by atoms with Crippen molar-refractivity contribution in [3.8, 4) is 0 Å². The third-order valence-corrected chi connectivity index (χ3v) is 10.9. The van der Waals surface area contributed by atoms with Crippen LogP contribution >= 0.6 is 0 Å². The quantitative estimate of drug-likeness (QED) is 0.0346. The van der Waals surface area contributed by atoms with Gasteiger partial charge in [0.25, 0.3) is 0 Å². The topological polar surface area (TPSA) is 25.3 Å². The number of hydrogen-bond donors (Lipinski definition) is 0. The summed E-state index contributed by atoms with van der Waals surface area (Å²) in [6, 6.07) is 34.8. The summed E-state index contributed by atoms with van der Waals surface area (Å²) in [7, 11) is 0. The van der Waals surface area contributed by atoms with E-state index in [1.54, 1.807) is 15.8 Å². The van der Waals surface area contributed by atoms with E-state index in [0.29, 0.717) is 0 Å². The first-order valence-electron chi connectivity index (χ1n) is 23.0. The zero-order valence-electron chi connectivity index (χ0n) is 37.7. The zero-order valence-corrected chi connectivity index (χ0v) is 38.7. The van der Waals surface area contributed by atoms with E-state index in [9.17, 15) is 5.53 Å². The van der Waals surface area contributed by atoms with Gasteiger partial charge in [-0.05, 0) is 122 Å². The summed E-state index contributed by atoms with van der Waals surface area (Å²) in [5.41, 5.74) is 29.0. The largest absolute Gasteiger partial charge is 2.00 e. The molecule has 0 amide bonds. The Hall–Kier alpha value is -3.55. The molecule has 0 fully saturated rings. The molecular formula is C55H76N2Ni. The van der Waals surface area contributed by atoms with E-state index >= 15 is 0 Å². The minimum atomic E-state index is 0. The fourth-order valence-electron chi connectivity index (χ4n) is 8.35. The first-order valence-corrected chi connectivity index (χ1v) is 23.0. The molecule has 5 rings (SSSR count). The number of aryl methyl sites for hydroxylation is 4. The molecule has 316 valence electrons. The van der Waals surface area contributed by atoms with Gasteiger partial charge in [-0.1, -0.05) is 113 Å². The third kappa shape index (κ3) is 15.2. The van der Waals surface area contributed by atoms with Gasteiger partial charge in [-0.3, -0.25) is 0 Å². The average Bonchev–Trinajstić information content (AvgIpc) is 3.51. The van der Waals surface area contributed by atoms with Crippen molar-refractivity contribution in [2.45, 2.75) is 177 Å². The van der Waals surface area contributed by atoms with Crippen LogP contribution in [-0.2, 0) is 55.0 Å². The molecule has 0 aliphatic carbocycles. The summed E-state index contributed by atoms with van der Waals surface area (Å²) in [6.45, 7) is 18.4. The Labute approximate surface area is 366 Å². The maximum absolute atomic E-state index is 12.5. The summed E-state index contributed by atoms with van der Waals surface area (Å²) in [5, 5.41) is 0. The average molecular weight is 824 g/mol. The monoisotopic (exact) mass is 823 g/mol. The summed E-state index contributed by atoms with van der Waals surface area (Å²) in [4.78, 5) is 0. The van der Waals surface area contributed by atoms with E-state index in [4.69, 9.17) is 0 Å². The van der Waals surface area contributed by atoms with Crippen molar-refractivity contribution < 1.29 is 21.2 Å². The maximum Gasteiger partial charge on any atom is 2.00 e. The van der Waals surface area contributed by atoms with E-state index in [2.05, 4.69) is 91.8 Å². The van der Waals surface area contributed by atoms with Gasteiger partial charge in [0.1, 0.15) is 0 Å². The number of rotatable bonds is 21. The molecule has 58 heavy (non-hydrogen) atoms. The Morgan fingerprint density at radius 3 is 0.983 bits per heavy atom. The zero-order chi connectivity index (χ0) is 41.3. The molecule has 1 aliphatic heterocycles. The molecule has 4 aromatic rings. The molecule has 3 heteroatoms. The molecule has 0 aromatic heterocycles. The van der Waals surface area contributed by atoms with Crippen molar-refractivity contribution >= 4 is 11.4 Å². The van der Waals surface area contributed by atoms with Crippen LogP contribution in [0.15, 0.2) is 96.1 Å². The SMILES string of the molecule is CCCCCC1=C(c2cc(CCC)c(CCC)c(CCC)c2)[N+](=[N-])C(c2cc(CCC)c(CCC)c(CCC)c2)=C1CCCC.[Ni+2].[c-]1ccccc1.[c-]1ccccc1. The molecule has 4 aromatic carbocycles. The minimum absolute atomic E-state index is 0. The smallest absolute Gasteiger partial charge is 0.493 e. The van der Waals surface area contributed by atoms with Gasteiger partial charge >= 0.3 is 16.5 Å². The van der Waals surface area contributed by atoms with E-state index in [1.165, 1.54) is 76.6 Å². The van der Waals surface area contributed by atoms with Gasteiger partial charge in [-0.25, -0.2) is 4.70 Å². The van der Waals surface area contributed by atoms with Gasteiger partial charge in [0, 0.05) is 22.3 Å². The normalized spacial score (nSPS) is 12.2. The molecule has 0 radical (unpaired) electrons. The van der Waals surface area contributed by atoms with Crippen LogP contribution in [0.2, 0.25) is 0 Å². The van der Waals surface area contributed by atoms with Gasteiger partial charge in [-0.15, -0.1) is 0 Å². The predicted octanol–water partition coefficient (Wildman–Crippen LogP) is 16.3. The Morgan fingerprint density at radius 1 is 0.397 bits per heavy atom. The summed E-state index contributed by atoms with van der Waals surface area (Å²) in [6.07, 6.45) is 21.6. The first-order chi connectivity index (χ1) is 27.9. The van der Waals surface area contributed by atoms with Crippen molar-refractivity contribution in [1.29, 1.82) is 0 Å². The molecule has 0 bridgehead atoms. The van der Waals surface area contributed by atoms with Gasteiger partial charge in [0.15, 0.2) is 0 Å². The van der Waals surface area contributed by atoms with Gasteiger partial charge in [0.05, 0.1) is 0 Å². The van der Waals surface area contributed by atoms with Crippen molar-refractivity contribution in [1.82, 2.24) is 0 Å². The number of benzene rings is 4. The molecule has 1 aliphatic rings. The number of hydrogen-bond acceptors (Lipinski definition) is 0. The molecule has 0 saturated heterocycles. The van der Waals surface area contributed by atoms with Gasteiger partial charge < -0.3 is 5.53 Å². The van der Waals surface area contributed by atoms with Crippen molar-refractivity contribution in [3.05, 3.63) is 158 Å². The van der Waals surface area contributed by atoms with E-state index < -0.39 is 0 Å². The number of nitrogens with zero attached hydrogens (tertiary/aromatic N) is 2. The van der Waals surface area contributed by atoms with Gasteiger partial charge in [0.2, 0.25) is 11.4 Å². The Morgan fingerprint density at radius 2 is 0.724 bits per heavy atom. The minimum Gasteiger partial charge on any atom is -0.493 e. The maximum atomic E-state index is 12.5. The second-order valence-corrected chi connectivity index (χ2v) is 15.7. The fourth-order valence-corrected chi connectivity index (χ4v) is 8.35. The molecule has 0 saturated carbocycles. The van der Waals surface area contributed by atoms with E-state index in [-0.39, 0.29) is 16.5 Å². The Balaban J connectivity index is 0.000000756. The van der Waals surface area contributed by atoms with Gasteiger partial charge in [-0.2, -0.15) is 72.8 Å². The van der Waals surface area contributed by atoms with E-state index in [0.717, 1.165) is 101 Å². The predicted molar refractivity (Wildman–Crippen MR) is 249 cm³/mol. The van der Waals surface area contributed by atoms with Crippen molar-refractivity contribution in [3.63, 3.8) is 0 Å². The fraction of sp³-hybridized carbons (Fsp3) is 0.491. The second kappa shape index (κ2) is 29.6. The molecule has 2 nitrogen and oxygen atoms in total. The summed E-state index contributed by atoms with van der Waals surface area (Å²) in [5.74, 6) is 0. The Kier molecular flexibility index (Phi) is 25.8. The van der Waals surface area contributed by atoms with Crippen LogP contribution in [0.3, 0.4) is 0 Å². The summed E-state index contributed by atoms with van der Waals surface area (Å²) < 4.78 is 1.66. The standard InChI is InChI=1S/C43H66N2.2C6H5.Ni/c1-9-17-19-27-41-40(26-18-10-2)42(36-28-32(20-11-3)38(24-15-7)33(29-36)21-12-4)45(44)43(41)37-30-34(22-13-5)39(25-16-8)35(31-37)23-14-6;2*1-2-4-6-5-3-1;/h28-31H,9-27H2,1-8H3;2*1-5H;/q;2*-1;+2. The molecule has 0 atom stereocenters. The third-order valence-electron chi connectivity index (χ3n) is 10.9. The van der Waals surface area contributed by atoms with Crippen LogP contribution in [0, 0.1) is 12.1 Å². The van der Waals surface area contributed by atoms with Crippen LogP contribution in [0.4, 0.5) is 0 Å². The molecule has 0 spiro atoms. The molecule has 0 N–H and O–H groups in total. The van der Waals surface area contributed by atoms with Crippen LogP contribution in [0.1, 0.15) is 183 Å². The second-order valence-electron chi connectivity index (χ2n) is 15.7. The van der Waals surface area contributed by atoms with Crippen molar-refractivity contribution in [2.24, 2.45) is 0 Å². The van der Waals surface area contributed by atoms with E-state index in [1.807, 2.05) is 60.7 Å². The summed E-state index contributed by atoms with van der Waals surface area (Å²) >= 11 is 0. The Bertz CT molecular complexity index is 1660. The van der Waals surface area contributed by atoms with Crippen LogP contribution < -0.4 is 0 Å². The molecular weight excluding hydrogens is 747 g/mol. The number of allylic oxidation sites excluding steroid dienone is 2. The number of unbranched alkanes of at least 4 members (excludes halogenated alkanes) is 3. The van der Waals surface area contributed by atoms with Crippen LogP contribution in [0.5, 0.6) is 0 Å². The molecule has 1 heterocycles.